The molecular weight excluding hydrogens is 260 g/mol. The van der Waals surface area contributed by atoms with E-state index in [1.165, 1.54) is 12.1 Å². The number of nitrogens with one attached hydrogen (secondary N) is 1. The van der Waals surface area contributed by atoms with E-state index in [1.807, 2.05) is 13.8 Å². The average Bonchev–Trinajstić information content (AvgIpc) is 2.34. The molecule has 0 heterocycles. The molecule has 0 spiro atoms. The van der Waals surface area contributed by atoms with Crippen molar-refractivity contribution in [3.63, 3.8) is 0 Å². The molecule has 0 saturated carbocycles. The van der Waals surface area contributed by atoms with Gasteiger partial charge < -0.3 is 15.2 Å². The number of hydrogen-bond donors (Lipinski definition) is 2. The smallest absolute Gasteiger partial charge is 0.275 e. The van der Waals surface area contributed by atoms with Crippen molar-refractivity contribution in [1.29, 1.82) is 0 Å². The molecule has 0 saturated heterocycles. The van der Waals surface area contributed by atoms with Crippen LogP contribution in [0.15, 0.2) is 18.2 Å². The fourth-order valence-electron chi connectivity index (χ4n) is 1.93. The van der Waals surface area contributed by atoms with E-state index in [2.05, 4.69) is 5.32 Å². The van der Waals surface area contributed by atoms with Crippen molar-refractivity contribution in [1.82, 2.24) is 0 Å². The number of aliphatic hydroxyl groups excluding tert-OH is 1. The number of benzene rings is 1. The summed E-state index contributed by atoms with van der Waals surface area (Å²) in [6, 6.07) is 4.63. The summed E-state index contributed by atoms with van der Waals surface area (Å²) >= 11 is 0. The predicted octanol–water partition coefficient (Wildman–Crippen LogP) is 2.95. The Morgan fingerprint density at radius 3 is 2.65 bits per heavy atom. The van der Waals surface area contributed by atoms with Crippen molar-refractivity contribution in [3.05, 3.63) is 28.3 Å². The van der Waals surface area contributed by atoms with Crippen LogP contribution in [-0.4, -0.2) is 28.8 Å². The lowest BCUT2D eigenvalue weighted by atomic mass is 10.1. The topological polar surface area (TPSA) is 84.6 Å². The largest absolute Gasteiger partial charge is 0.493 e. The zero-order chi connectivity index (χ0) is 15.1. The summed E-state index contributed by atoms with van der Waals surface area (Å²) in [5.41, 5.74) is 0.615. The van der Waals surface area contributed by atoms with Crippen LogP contribution in [0.3, 0.4) is 0 Å². The third kappa shape index (κ3) is 5.44. The van der Waals surface area contributed by atoms with Gasteiger partial charge in [0, 0.05) is 23.9 Å². The highest BCUT2D eigenvalue weighted by Gasteiger charge is 2.13. The van der Waals surface area contributed by atoms with E-state index in [0.717, 1.165) is 6.42 Å². The second-order valence-corrected chi connectivity index (χ2v) is 4.95. The van der Waals surface area contributed by atoms with Gasteiger partial charge in [-0.05, 0) is 26.7 Å². The van der Waals surface area contributed by atoms with Gasteiger partial charge in [-0.2, -0.15) is 0 Å². The first-order chi connectivity index (χ1) is 9.42. The van der Waals surface area contributed by atoms with Crippen LogP contribution in [0.4, 0.5) is 11.4 Å². The first-order valence-corrected chi connectivity index (χ1v) is 6.79. The maximum Gasteiger partial charge on any atom is 0.275 e. The van der Waals surface area contributed by atoms with Gasteiger partial charge in [-0.1, -0.05) is 6.92 Å². The van der Waals surface area contributed by atoms with E-state index < -0.39 is 11.0 Å². The summed E-state index contributed by atoms with van der Waals surface area (Å²) in [5.74, 6) is 0.479. The Morgan fingerprint density at radius 1 is 1.40 bits per heavy atom. The number of nitrogens with zero attached hydrogens (tertiary/aromatic N) is 1. The molecule has 0 amide bonds. The third-order valence-corrected chi connectivity index (χ3v) is 2.68. The molecule has 1 aromatic carbocycles. The Balaban J connectivity index is 2.87. The van der Waals surface area contributed by atoms with Crippen LogP contribution >= 0.6 is 0 Å². The third-order valence-electron chi connectivity index (χ3n) is 2.68. The Kier molecular flexibility index (Phi) is 6.24. The number of ether oxygens (including phenoxy) is 1. The highest BCUT2D eigenvalue weighted by molar-refractivity contribution is 5.56. The predicted molar refractivity (Wildman–Crippen MR) is 78.3 cm³/mol. The van der Waals surface area contributed by atoms with Crippen LogP contribution in [0, 0.1) is 10.1 Å². The number of anilines is 1. The zero-order valence-electron chi connectivity index (χ0n) is 12.1. The molecule has 6 nitrogen and oxygen atoms in total. The van der Waals surface area contributed by atoms with Crippen LogP contribution in [0.1, 0.15) is 33.6 Å². The molecule has 0 aliphatic rings. The fourth-order valence-corrected chi connectivity index (χ4v) is 1.93. The molecule has 0 bridgehead atoms. The average molecular weight is 282 g/mol. The Labute approximate surface area is 118 Å². The Hall–Kier alpha value is -1.82. The van der Waals surface area contributed by atoms with E-state index in [4.69, 9.17) is 4.74 Å². The van der Waals surface area contributed by atoms with Gasteiger partial charge in [0.1, 0.15) is 5.75 Å². The van der Waals surface area contributed by atoms with Gasteiger partial charge in [0.15, 0.2) is 0 Å². The lowest BCUT2D eigenvalue weighted by Gasteiger charge is -2.17. The monoisotopic (exact) mass is 282 g/mol. The van der Waals surface area contributed by atoms with Crippen LogP contribution in [-0.2, 0) is 0 Å². The van der Waals surface area contributed by atoms with Gasteiger partial charge in [-0.25, -0.2) is 0 Å². The van der Waals surface area contributed by atoms with Crippen molar-refractivity contribution in [2.75, 3.05) is 11.9 Å². The van der Waals surface area contributed by atoms with Gasteiger partial charge in [-0.3, -0.25) is 10.1 Å². The van der Waals surface area contributed by atoms with Gasteiger partial charge in [0.25, 0.3) is 5.69 Å². The van der Waals surface area contributed by atoms with Crippen LogP contribution in [0.2, 0.25) is 0 Å². The summed E-state index contributed by atoms with van der Waals surface area (Å²) in [4.78, 5) is 10.5. The minimum absolute atomic E-state index is 0.00894. The van der Waals surface area contributed by atoms with Gasteiger partial charge in [0.2, 0.25) is 0 Å². The molecular formula is C14H22N2O4. The molecule has 0 radical (unpaired) electrons. The SMILES string of the molecule is CCCOc1cc(NC(C)CC(C)O)cc([N+](=O)[O-])c1. The van der Waals surface area contributed by atoms with Crippen LogP contribution in [0.25, 0.3) is 0 Å². The lowest BCUT2D eigenvalue weighted by molar-refractivity contribution is -0.384. The number of rotatable bonds is 8. The minimum Gasteiger partial charge on any atom is -0.493 e. The Bertz CT molecular complexity index is 449. The van der Waals surface area contributed by atoms with E-state index in [-0.39, 0.29) is 11.7 Å². The van der Waals surface area contributed by atoms with E-state index in [9.17, 15) is 15.2 Å². The van der Waals surface area contributed by atoms with E-state index >= 15 is 0 Å². The molecule has 1 rings (SSSR count). The highest BCUT2D eigenvalue weighted by Crippen LogP contribution is 2.27. The quantitative estimate of drug-likeness (QED) is 0.565. The second-order valence-electron chi connectivity index (χ2n) is 4.95. The summed E-state index contributed by atoms with van der Waals surface area (Å²) in [5, 5.41) is 23.4. The Morgan fingerprint density at radius 2 is 2.10 bits per heavy atom. The standard InChI is InChI=1S/C14H22N2O4/c1-4-5-20-14-8-12(7-13(9-14)16(18)19)15-10(2)6-11(3)17/h7-11,15,17H,4-6H2,1-3H3. The first-order valence-electron chi connectivity index (χ1n) is 6.79. The molecule has 6 heteroatoms. The summed E-state index contributed by atoms with van der Waals surface area (Å²) in [6.07, 6.45) is 0.976. The fraction of sp³-hybridized carbons (Fsp3) is 0.571. The molecule has 2 atom stereocenters. The van der Waals surface area contributed by atoms with E-state index in [0.29, 0.717) is 24.5 Å². The molecule has 0 aliphatic heterocycles. The minimum atomic E-state index is -0.441. The summed E-state index contributed by atoms with van der Waals surface area (Å²) in [7, 11) is 0. The molecule has 0 fully saturated rings. The van der Waals surface area contributed by atoms with E-state index in [1.54, 1.807) is 13.0 Å². The molecule has 0 aromatic heterocycles. The highest BCUT2D eigenvalue weighted by atomic mass is 16.6. The van der Waals surface area contributed by atoms with Crippen molar-refractivity contribution >= 4 is 11.4 Å². The van der Waals surface area contributed by atoms with Crippen molar-refractivity contribution in [2.45, 2.75) is 45.8 Å². The number of hydrogen-bond acceptors (Lipinski definition) is 5. The molecule has 2 N–H and O–H groups in total. The van der Waals surface area contributed by atoms with Gasteiger partial charge >= 0.3 is 0 Å². The van der Waals surface area contributed by atoms with Crippen LogP contribution in [0.5, 0.6) is 5.75 Å². The molecule has 112 valence electrons. The number of non-ortho nitro benzene ring substituents is 1. The molecule has 2 unspecified atom stereocenters. The lowest BCUT2D eigenvalue weighted by Crippen LogP contribution is -2.20. The number of aliphatic hydroxyl groups is 1. The number of nitro benzene ring substituents is 1. The molecule has 1 aromatic rings. The molecule has 20 heavy (non-hydrogen) atoms. The van der Waals surface area contributed by atoms with Crippen molar-refractivity contribution in [2.24, 2.45) is 0 Å². The maximum atomic E-state index is 10.9. The summed E-state index contributed by atoms with van der Waals surface area (Å²) in [6.45, 7) is 6.12. The summed E-state index contributed by atoms with van der Waals surface area (Å²) < 4.78 is 5.46. The van der Waals surface area contributed by atoms with Crippen molar-refractivity contribution < 1.29 is 14.8 Å². The first kappa shape index (κ1) is 16.2. The zero-order valence-corrected chi connectivity index (χ0v) is 12.1. The second kappa shape index (κ2) is 7.69. The van der Waals surface area contributed by atoms with Crippen LogP contribution < -0.4 is 10.1 Å². The van der Waals surface area contributed by atoms with Crippen molar-refractivity contribution in [3.8, 4) is 5.75 Å². The normalized spacial score (nSPS) is 13.6. The number of nitro groups is 1. The van der Waals surface area contributed by atoms with Gasteiger partial charge in [-0.15, -0.1) is 0 Å². The molecule has 0 aliphatic carbocycles. The van der Waals surface area contributed by atoms with Gasteiger partial charge in [0.05, 0.1) is 23.7 Å². The maximum absolute atomic E-state index is 10.9.